The van der Waals surface area contributed by atoms with Crippen molar-refractivity contribution in [2.75, 3.05) is 5.45 Å². The van der Waals surface area contributed by atoms with Crippen molar-refractivity contribution in [1.82, 2.24) is 9.80 Å². The molecule has 2 aliphatic carbocycles. The number of imide groups is 2. The number of aromatic hydroxyl groups is 1. The number of phenolic OH excluding ortho intramolecular Hbond substituents is 1. The number of rotatable bonds is 4. The molecule has 2 aliphatic heterocycles. The number of amides is 4. The molecule has 3 fully saturated rings. The van der Waals surface area contributed by atoms with Crippen LogP contribution < -0.4 is 0 Å². The lowest BCUT2D eigenvalue weighted by Gasteiger charge is -2.51. The van der Waals surface area contributed by atoms with Gasteiger partial charge in [-0.25, -0.2) is 0 Å². The Hall–Kier alpha value is -2.20. The lowest BCUT2D eigenvalue weighted by Crippen LogP contribution is -2.60. The zero-order chi connectivity index (χ0) is 28.0. The molecule has 1 N–H and O–H groups in total. The largest absolute Gasteiger partial charge is 0.507 e. The molecule has 6 rings (SSSR count). The molecule has 204 valence electrons. The number of fused-ring (bicyclic) bond motifs is 4. The minimum absolute atomic E-state index is 0.0441. The number of likely N-dealkylation sites (tertiary alicyclic amines) is 2. The molecule has 1 aromatic carbocycles. The number of benzene rings is 1. The van der Waals surface area contributed by atoms with Gasteiger partial charge in [-0.15, -0.1) is 34.5 Å². The van der Waals surface area contributed by atoms with Crippen molar-refractivity contribution in [3.8, 4) is 5.75 Å². The molecule has 0 radical (unpaired) electrons. The molecule has 7 nitrogen and oxygen atoms in total. The van der Waals surface area contributed by atoms with Gasteiger partial charge < -0.3 is 5.11 Å². The molecule has 0 bridgehead atoms. The number of nitrogens with zero attached hydrogens (tertiary/aromatic N) is 2. The minimum atomic E-state index is -1.85. The summed E-state index contributed by atoms with van der Waals surface area (Å²) in [7, 11) is 0. The fourth-order valence-electron chi connectivity index (χ4n) is 7.06. The summed E-state index contributed by atoms with van der Waals surface area (Å²) in [6.45, 7) is 3.70. The summed E-state index contributed by atoms with van der Waals surface area (Å²) >= 11 is 19.2. The highest BCUT2D eigenvalue weighted by Crippen LogP contribution is 2.65. The Morgan fingerprint density at radius 1 is 1.05 bits per heavy atom. The number of halogens is 3. The predicted molar refractivity (Wildman–Crippen MR) is 151 cm³/mol. The molecule has 2 saturated heterocycles. The van der Waals surface area contributed by atoms with E-state index in [1.807, 2.05) is 23.6 Å². The fraction of sp³-hybridized carbons (Fsp3) is 0.429. The first-order chi connectivity index (χ1) is 18.5. The van der Waals surface area contributed by atoms with E-state index in [4.69, 9.17) is 23.2 Å². The van der Waals surface area contributed by atoms with Gasteiger partial charge in [0.1, 0.15) is 5.75 Å². The van der Waals surface area contributed by atoms with E-state index in [2.05, 4.69) is 15.9 Å². The van der Waals surface area contributed by atoms with Crippen LogP contribution in [0.1, 0.15) is 40.3 Å². The molecule has 1 aromatic heterocycles. The SMILES string of the molecule is Cc1cc([C@H]2C3=CC[C@@H]4C(=O)N(Cc5cccs5)C(=O)[C@@H]4[C@@H]3C[C@@]3(Cl)C(=O)N(CBr)C(=O)[C@@]23Cl)cc(C)c1O. The van der Waals surface area contributed by atoms with Crippen molar-refractivity contribution in [3.05, 3.63) is 62.9 Å². The number of alkyl halides is 3. The molecule has 11 heteroatoms. The molecule has 0 spiro atoms. The van der Waals surface area contributed by atoms with Crippen LogP contribution in [0.2, 0.25) is 0 Å². The van der Waals surface area contributed by atoms with E-state index in [1.165, 1.54) is 16.2 Å². The summed E-state index contributed by atoms with van der Waals surface area (Å²) in [5.41, 5.74) is 2.47. The number of hydrogen-bond donors (Lipinski definition) is 1. The van der Waals surface area contributed by atoms with Crippen LogP contribution in [-0.4, -0.2) is 53.7 Å². The second-order valence-electron chi connectivity index (χ2n) is 10.8. The Bertz CT molecular complexity index is 1460. The van der Waals surface area contributed by atoms with Gasteiger partial charge in [-0.05, 0) is 60.7 Å². The van der Waals surface area contributed by atoms with Gasteiger partial charge in [0.25, 0.3) is 11.8 Å². The third kappa shape index (κ3) is 3.52. The maximum absolute atomic E-state index is 13.9. The first-order valence-corrected chi connectivity index (χ1v) is 15.4. The van der Waals surface area contributed by atoms with Gasteiger partial charge in [0, 0.05) is 10.8 Å². The van der Waals surface area contributed by atoms with Crippen LogP contribution in [0.15, 0.2) is 41.3 Å². The van der Waals surface area contributed by atoms with Gasteiger partial charge in [0.05, 0.1) is 23.8 Å². The number of carbonyl (C=O) groups excluding carboxylic acids is 4. The van der Waals surface area contributed by atoms with E-state index >= 15 is 0 Å². The van der Waals surface area contributed by atoms with Gasteiger partial charge in [0.15, 0.2) is 9.75 Å². The number of hydrogen-bond acceptors (Lipinski definition) is 6. The summed E-state index contributed by atoms with van der Waals surface area (Å²) in [6, 6.07) is 7.27. The second kappa shape index (κ2) is 9.16. The van der Waals surface area contributed by atoms with Crippen molar-refractivity contribution in [2.45, 2.75) is 48.9 Å². The summed E-state index contributed by atoms with van der Waals surface area (Å²) in [5.74, 6) is -4.31. The summed E-state index contributed by atoms with van der Waals surface area (Å²) in [6.07, 6.45) is 2.20. The molecular formula is C28H25BrCl2N2O5S. The average molecular weight is 652 g/mol. The fourth-order valence-corrected chi connectivity index (χ4v) is 9.18. The van der Waals surface area contributed by atoms with E-state index in [9.17, 15) is 24.3 Å². The van der Waals surface area contributed by atoms with Gasteiger partial charge in [-0.2, -0.15) is 0 Å². The van der Waals surface area contributed by atoms with E-state index in [1.54, 1.807) is 26.0 Å². The maximum atomic E-state index is 13.9. The Kier molecular flexibility index (Phi) is 6.34. The topological polar surface area (TPSA) is 95.0 Å². The minimum Gasteiger partial charge on any atom is -0.507 e. The van der Waals surface area contributed by atoms with Gasteiger partial charge in [-0.1, -0.05) is 45.8 Å². The normalized spacial score (nSPS) is 33.8. The van der Waals surface area contributed by atoms with Crippen molar-refractivity contribution in [3.63, 3.8) is 0 Å². The third-order valence-corrected chi connectivity index (χ3v) is 11.6. The molecular weight excluding hydrogens is 627 g/mol. The van der Waals surface area contributed by atoms with Crippen LogP contribution in [0.4, 0.5) is 0 Å². The van der Waals surface area contributed by atoms with Crippen molar-refractivity contribution in [2.24, 2.45) is 17.8 Å². The maximum Gasteiger partial charge on any atom is 0.254 e. The Morgan fingerprint density at radius 3 is 2.36 bits per heavy atom. The molecule has 4 aliphatic rings. The smallest absolute Gasteiger partial charge is 0.254 e. The van der Waals surface area contributed by atoms with Gasteiger partial charge >= 0.3 is 0 Å². The highest BCUT2D eigenvalue weighted by atomic mass is 79.9. The van der Waals surface area contributed by atoms with Crippen LogP contribution in [-0.2, 0) is 25.7 Å². The van der Waals surface area contributed by atoms with E-state index in [0.717, 1.165) is 15.4 Å². The molecule has 3 heterocycles. The molecule has 6 atom stereocenters. The van der Waals surface area contributed by atoms with Crippen LogP contribution in [0.3, 0.4) is 0 Å². The average Bonchev–Trinajstić information content (AvgIpc) is 3.54. The first kappa shape index (κ1) is 27.0. The van der Waals surface area contributed by atoms with Crippen LogP contribution in [0.25, 0.3) is 0 Å². The highest BCUT2D eigenvalue weighted by Gasteiger charge is 2.76. The standard InChI is InChI=1S/C28H25BrCl2N2O5S/c1-13-8-15(9-14(2)22(13)34)21-17-5-6-18-20(24(36)32(23(18)35)11-16-4-3-7-39-16)19(17)10-27(30)25(37)33(12-29)26(38)28(21,27)31/h3-5,7-9,18-21,34H,6,10-12H2,1-2H3/t18-,19+,20-,21-,27+,28-/m0/s1. The Labute approximate surface area is 247 Å². The quantitative estimate of drug-likeness (QED) is 0.218. The first-order valence-electron chi connectivity index (χ1n) is 12.6. The van der Waals surface area contributed by atoms with E-state index < -0.39 is 45.2 Å². The predicted octanol–water partition coefficient (Wildman–Crippen LogP) is 4.98. The van der Waals surface area contributed by atoms with Crippen LogP contribution in [0.5, 0.6) is 5.75 Å². The van der Waals surface area contributed by atoms with Crippen molar-refractivity contribution >= 4 is 74.1 Å². The zero-order valence-corrected chi connectivity index (χ0v) is 25.0. The number of aryl methyl sites for hydroxylation is 2. The summed E-state index contributed by atoms with van der Waals surface area (Å²) < 4.78 is 0. The van der Waals surface area contributed by atoms with Gasteiger partial charge in [-0.3, -0.25) is 29.0 Å². The number of allylic oxidation sites excluding steroid dienone is 2. The summed E-state index contributed by atoms with van der Waals surface area (Å²) in [4.78, 5) is 54.4. The second-order valence-corrected chi connectivity index (χ2v) is 13.6. The van der Waals surface area contributed by atoms with E-state index in [-0.39, 0.29) is 36.0 Å². The molecule has 1 saturated carbocycles. The zero-order valence-electron chi connectivity index (χ0n) is 21.1. The molecule has 0 unspecified atom stereocenters. The van der Waals surface area contributed by atoms with Crippen molar-refractivity contribution in [1.29, 1.82) is 0 Å². The number of carbonyl (C=O) groups is 4. The Morgan fingerprint density at radius 2 is 1.74 bits per heavy atom. The number of thiophene rings is 1. The lowest BCUT2D eigenvalue weighted by atomic mass is 9.56. The summed E-state index contributed by atoms with van der Waals surface area (Å²) in [5, 5.41) is 12.4. The van der Waals surface area contributed by atoms with Crippen LogP contribution >= 0.6 is 50.5 Å². The van der Waals surface area contributed by atoms with Crippen LogP contribution in [0, 0.1) is 31.6 Å². The monoisotopic (exact) mass is 650 g/mol. The third-order valence-electron chi connectivity index (χ3n) is 8.85. The molecule has 4 amide bonds. The van der Waals surface area contributed by atoms with Gasteiger partial charge in [0.2, 0.25) is 11.8 Å². The molecule has 39 heavy (non-hydrogen) atoms. The van der Waals surface area contributed by atoms with Crippen molar-refractivity contribution < 1.29 is 24.3 Å². The highest BCUT2D eigenvalue weighted by molar-refractivity contribution is 9.09. The van der Waals surface area contributed by atoms with E-state index in [0.29, 0.717) is 23.1 Å². The molecule has 2 aromatic rings. The Balaban J connectivity index is 1.51. The number of phenols is 1. The lowest BCUT2D eigenvalue weighted by molar-refractivity contribution is -0.141.